The molecule has 4 heteroatoms. The largest absolute Gasteiger partial charge is 0.348 e. The third kappa shape index (κ3) is 2.83. The summed E-state index contributed by atoms with van der Waals surface area (Å²) in [6.45, 7) is 10.3. The van der Waals surface area contributed by atoms with Gasteiger partial charge < -0.3 is 5.32 Å². The van der Waals surface area contributed by atoms with Gasteiger partial charge in [-0.1, -0.05) is 18.6 Å². The first-order chi connectivity index (χ1) is 13.0. The molecular weight excluding hydrogens is 350 g/mol. The molecule has 0 spiro atoms. The minimum Gasteiger partial charge on any atom is -0.348 e. The summed E-state index contributed by atoms with van der Waals surface area (Å²) in [6, 6.07) is 0. The average Bonchev–Trinajstić information content (AvgIpc) is 2.88. The molecule has 2 saturated carbocycles. The molecule has 4 aliphatic rings. The molecular formula is C24H33NO3. The second kappa shape index (κ2) is 6.14. The number of amides is 1. The highest BCUT2D eigenvalue weighted by atomic mass is 16.2. The van der Waals surface area contributed by atoms with Crippen molar-refractivity contribution in [3.05, 3.63) is 23.3 Å². The van der Waals surface area contributed by atoms with Gasteiger partial charge in [0.25, 0.3) is 0 Å². The second-order valence-electron chi connectivity index (χ2n) is 10.9. The Morgan fingerprint density at radius 1 is 1.11 bits per heavy atom. The van der Waals surface area contributed by atoms with Gasteiger partial charge in [-0.3, -0.25) is 14.4 Å². The van der Waals surface area contributed by atoms with Crippen LogP contribution in [0.1, 0.15) is 73.1 Å². The molecule has 0 bridgehead atoms. The van der Waals surface area contributed by atoms with Crippen molar-refractivity contribution >= 4 is 17.5 Å². The van der Waals surface area contributed by atoms with Crippen LogP contribution in [-0.4, -0.2) is 23.0 Å². The minimum absolute atomic E-state index is 0.0405. The number of allylic oxidation sites excluding steroid dienone is 3. The van der Waals surface area contributed by atoms with E-state index >= 15 is 0 Å². The van der Waals surface area contributed by atoms with Crippen LogP contribution >= 0.6 is 0 Å². The zero-order chi connectivity index (χ0) is 20.5. The molecule has 4 aliphatic carbocycles. The first-order valence-corrected chi connectivity index (χ1v) is 10.8. The lowest BCUT2D eigenvalue weighted by Gasteiger charge is -2.56. The van der Waals surface area contributed by atoms with Gasteiger partial charge in [0.1, 0.15) is 5.78 Å². The Labute approximate surface area is 168 Å². The standard InChI is InChI=1S/C24H33NO3/c1-22(2,3)25-21(28)17-13-24(5)18(8-9-19(24)27)16-7-6-14-12-15(26)10-11-23(14,4)20(16)17/h12-13,16,18,20H,6-11H2,1-5H3,(H,25,28)/t16-,18-,20+,23-,24-/m0/s1. The van der Waals surface area contributed by atoms with E-state index in [2.05, 4.69) is 12.2 Å². The Balaban J connectivity index is 1.85. The number of carbonyl (C=O) groups is 3. The molecule has 0 radical (unpaired) electrons. The van der Waals surface area contributed by atoms with Gasteiger partial charge in [-0.05, 0) is 76.7 Å². The molecule has 0 aromatic rings. The van der Waals surface area contributed by atoms with Crippen molar-refractivity contribution in [2.45, 2.75) is 78.7 Å². The summed E-state index contributed by atoms with van der Waals surface area (Å²) in [6.07, 6.45) is 8.66. The van der Waals surface area contributed by atoms with Crippen molar-refractivity contribution in [2.75, 3.05) is 0 Å². The van der Waals surface area contributed by atoms with Gasteiger partial charge in [0.15, 0.2) is 5.78 Å². The van der Waals surface area contributed by atoms with Crippen molar-refractivity contribution in [2.24, 2.45) is 28.6 Å². The number of fused-ring (bicyclic) bond motifs is 5. The number of nitrogens with one attached hydrogen (secondary N) is 1. The van der Waals surface area contributed by atoms with Gasteiger partial charge in [-0.2, -0.15) is 0 Å². The maximum absolute atomic E-state index is 13.4. The van der Waals surface area contributed by atoms with Crippen LogP contribution < -0.4 is 5.32 Å². The minimum atomic E-state index is -0.520. The summed E-state index contributed by atoms with van der Waals surface area (Å²) >= 11 is 0. The Morgan fingerprint density at radius 3 is 2.50 bits per heavy atom. The zero-order valence-corrected chi connectivity index (χ0v) is 17.9. The number of Topliss-reactive ketones (excluding diaryl/α,β-unsaturated/α-hetero) is 1. The summed E-state index contributed by atoms with van der Waals surface area (Å²) in [4.78, 5) is 38.3. The van der Waals surface area contributed by atoms with E-state index in [0.29, 0.717) is 24.7 Å². The highest BCUT2D eigenvalue weighted by molar-refractivity contribution is 5.98. The van der Waals surface area contributed by atoms with E-state index in [-0.39, 0.29) is 34.3 Å². The monoisotopic (exact) mass is 383 g/mol. The van der Waals surface area contributed by atoms with Crippen LogP contribution in [0.25, 0.3) is 0 Å². The predicted molar refractivity (Wildman–Crippen MR) is 108 cm³/mol. The molecule has 0 heterocycles. The molecule has 0 unspecified atom stereocenters. The van der Waals surface area contributed by atoms with Gasteiger partial charge in [-0.25, -0.2) is 0 Å². The first-order valence-electron chi connectivity index (χ1n) is 10.8. The topological polar surface area (TPSA) is 63.2 Å². The molecule has 5 atom stereocenters. The maximum Gasteiger partial charge on any atom is 0.247 e. The molecule has 152 valence electrons. The molecule has 1 N–H and O–H groups in total. The Morgan fingerprint density at radius 2 is 1.82 bits per heavy atom. The average molecular weight is 384 g/mol. The SMILES string of the molecule is CC(C)(C)NC(=O)C1=C[C@]2(C)C(=O)CC[C@H]2[C@@H]2CCC3=CC(=O)CC[C@]3(C)[C@@H]12. The quantitative estimate of drug-likeness (QED) is 0.740. The van der Waals surface area contributed by atoms with Crippen LogP contribution in [-0.2, 0) is 14.4 Å². The molecule has 28 heavy (non-hydrogen) atoms. The number of ketones is 2. The smallest absolute Gasteiger partial charge is 0.247 e. The third-order valence-electron chi connectivity index (χ3n) is 7.93. The van der Waals surface area contributed by atoms with Crippen molar-refractivity contribution in [3.63, 3.8) is 0 Å². The van der Waals surface area contributed by atoms with Crippen LogP contribution in [0.4, 0.5) is 0 Å². The fourth-order valence-corrected chi connectivity index (χ4v) is 6.60. The molecule has 2 fully saturated rings. The van der Waals surface area contributed by atoms with Crippen molar-refractivity contribution < 1.29 is 14.4 Å². The molecule has 4 rings (SSSR count). The summed E-state index contributed by atoms with van der Waals surface area (Å²) in [5, 5.41) is 3.15. The van der Waals surface area contributed by atoms with Crippen LogP contribution in [0.5, 0.6) is 0 Å². The lowest BCUT2D eigenvalue weighted by atomic mass is 9.47. The Hall–Kier alpha value is -1.71. The van der Waals surface area contributed by atoms with E-state index in [1.807, 2.05) is 39.8 Å². The molecule has 0 aromatic carbocycles. The van der Waals surface area contributed by atoms with Crippen LogP contribution in [0.15, 0.2) is 23.3 Å². The van der Waals surface area contributed by atoms with Gasteiger partial charge in [0, 0.05) is 35.3 Å². The van der Waals surface area contributed by atoms with Gasteiger partial charge >= 0.3 is 0 Å². The Kier molecular flexibility index (Phi) is 4.30. The Bertz CT molecular complexity index is 814. The lowest BCUT2D eigenvalue weighted by Crippen LogP contribution is -2.54. The van der Waals surface area contributed by atoms with Crippen molar-refractivity contribution in [3.8, 4) is 0 Å². The summed E-state index contributed by atoms with van der Waals surface area (Å²) < 4.78 is 0. The van der Waals surface area contributed by atoms with Crippen LogP contribution in [0.2, 0.25) is 0 Å². The van der Waals surface area contributed by atoms with E-state index < -0.39 is 5.41 Å². The molecule has 1 amide bonds. The fraction of sp³-hybridized carbons (Fsp3) is 0.708. The maximum atomic E-state index is 13.4. The normalized spacial score (nSPS) is 40.1. The van der Waals surface area contributed by atoms with E-state index in [9.17, 15) is 14.4 Å². The fourth-order valence-electron chi connectivity index (χ4n) is 6.60. The van der Waals surface area contributed by atoms with Gasteiger partial charge in [0.05, 0.1) is 0 Å². The van der Waals surface area contributed by atoms with Gasteiger partial charge in [-0.15, -0.1) is 0 Å². The first kappa shape index (κ1) is 19.6. The second-order valence-corrected chi connectivity index (χ2v) is 10.9. The van der Waals surface area contributed by atoms with Crippen molar-refractivity contribution in [1.29, 1.82) is 0 Å². The highest BCUT2D eigenvalue weighted by Crippen LogP contribution is 2.64. The number of carbonyl (C=O) groups excluding carboxylic acids is 3. The molecule has 0 aliphatic heterocycles. The van der Waals surface area contributed by atoms with E-state index in [1.165, 1.54) is 5.57 Å². The predicted octanol–water partition coefficient (Wildman–Crippen LogP) is 4.15. The lowest BCUT2D eigenvalue weighted by molar-refractivity contribution is -0.126. The number of rotatable bonds is 1. The number of hydrogen-bond acceptors (Lipinski definition) is 3. The third-order valence-corrected chi connectivity index (χ3v) is 7.93. The van der Waals surface area contributed by atoms with Crippen LogP contribution in [0, 0.1) is 28.6 Å². The molecule has 4 nitrogen and oxygen atoms in total. The summed E-state index contributed by atoms with van der Waals surface area (Å²) in [5.74, 6) is 1.19. The summed E-state index contributed by atoms with van der Waals surface area (Å²) in [7, 11) is 0. The van der Waals surface area contributed by atoms with Gasteiger partial charge in [0.2, 0.25) is 5.91 Å². The number of hydrogen-bond donors (Lipinski definition) is 1. The van der Waals surface area contributed by atoms with E-state index in [1.54, 1.807) is 0 Å². The molecule has 0 saturated heterocycles. The highest BCUT2D eigenvalue weighted by Gasteiger charge is 2.60. The molecule has 0 aromatic heterocycles. The van der Waals surface area contributed by atoms with E-state index in [4.69, 9.17) is 0 Å². The summed E-state index contributed by atoms with van der Waals surface area (Å²) in [5.41, 5.74) is 0.990. The zero-order valence-electron chi connectivity index (χ0n) is 17.9. The van der Waals surface area contributed by atoms with E-state index in [0.717, 1.165) is 31.3 Å². The van der Waals surface area contributed by atoms with Crippen molar-refractivity contribution in [1.82, 2.24) is 5.32 Å². The van der Waals surface area contributed by atoms with Crippen LogP contribution in [0.3, 0.4) is 0 Å².